The van der Waals surface area contributed by atoms with E-state index in [1.165, 1.54) is 12.1 Å². The van der Waals surface area contributed by atoms with Crippen molar-refractivity contribution in [2.24, 2.45) is 0 Å². The van der Waals surface area contributed by atoms with Crippen LogP contribution in [0.4, 0.5) is 13.2 Å². The summed E-state index contributed by atoms with van der Waals surface area (Å²) >= 11 is 0. The Morgan fingerprint density at radius 1 is 1.30 bits per heavy atom. The highest BCUT2D eigenvalue weighted by Gasteiger charge is 2.28. The quantitative estimate of drug-likeness (QED) is 0.664. The number of benzene rings is 1. The predicted molar refractivity (Wildman–Crippen MR) is 81.8 cm³/mol. The van der Waals surface area contributed by atoms with Gasteiger partial charge < -0.3 is 20.1 Å². The lowest BCUT2D eigenvalue weighted by molar-refractivity contribution is -0.153. The maximum absolute atomic E-state index is 12.1. The number of nitrogens with one attached hydrogen (secondary N) is 2. The Balaban J connectivity index is 0.00000484. The molecule has 0 aliphatic carbocycles. The number of ether oxygens (including phenoxy) is 2. The first-order valence-corrected chi connectivity index (χ1v) is 6.65. The largest absolute Gasteiger partial charge is 0.484 e. The summed E-state index contributed by atoms with van der Waals surface area (Å²) in [5.41, 5.74) is 0.657. The summed E-state index contributed by atoms with van der Waals surface area (Å²) in [5.74, 6) is -0.0972. The smallest absolute Gasteiger partial charge is 0.422 e. The molecule has 0 radical (unpaired) electrons. The zero-order valence-electron chi connectivity index (χ0n) is 12.6. The number of hydrogen-bond acceptors (Lipinski definition) is 4. The molecule has 23 heavy (non-hydrogen) atoms. The van der Waals surface area contributed by atoms with Crippen LogP contribution >= 0.6 is 12.4 Å². The summed E-state index contributed by atoms with van der Waals surface area (Å²) in [5, 5.41) is 5.54. The maximum Gasteiger partial charge on any atom is 0.422 e. The second-order valence-electron chi connectivity index (χ2n) is 4.50. The second-order valence-corrected chi connectivity index (χ2v) is 4.50. The Morgan fingerprint density at radius 2 is 2.04 bits per heavy atom. The van der Waals surface area contributed by atoms with Crippen molar-refractivity contribution in [3.05, 3.63) is 29.8 Å². The van der Waals surface area contributed by atoms with Crippen LogP contribution < -0.4 is 15.4 Å². The van der Waals surface area contributed by atoms with Crippen LogP contribution in [0.5, 0.6) is 5.75 Å². The van der Waals surface area contributed by atoms with Gasteiger partial charge in [0.15, 0.2) is 6.61 Å². The maximum atomic E-state index is 12.1. The number of amides is 1. The van der Waals surface area contributed by atoms with Gasteiger partial charge in [-0.05, 0) is 17.7 Å². The molecule has 0 spiro atoms. The molecule has 2 N–H and O–H groups in total. The molecule has 0 bridgehead atoms. The van der Waals surface area contributed by atoms with Gasteiger partial charge in [-0.3, -0.25) is 4.79 Å². The van der Waals surface area contributed by atoms with E-state index >= 15 is 0 Å². The number of methoxy groups -OCH3 is 1. The van der Waals surface area contributed by atoms with Gasteiger partial charge in [-0.25, -0.2) is 0 Å². The van der Waals surface area contributed by atoms with Gasteiger partial charge in [0, 0.05) is 20.2 Å². The van der Waals surface area contributed by atoms with Crippen molar-refractivity contribution >= 4 is 18.3 Å². The summed E-state index contributed by atoms with van der Waals surface area (Å²) in [6.45, 7) is 0.0877. The normalized spacial score (nSPS) is 10.8. The van der Waals surface area contributed by atoms with Crippen LogP contribution in [0.1, 0.15) is 5.56 Å². The zero-order valence-corrected chi connectivity index (χ0v) is 13.4. The van der Waals surface area contributed by atoms with Gasteiger partial charge in [-0.1, -0.05) is 12.1 Å². The number of hydrogen-bond donors (Lipinski definition) is 2. The predicted octanol–water partition coefficient (Wildman–Crippen LogP) is 1.90. The summed E-state index contributed by atoms with van der Waals surface area (Å²) in [6, 6.07) is 6.16. The van der Waals surface area contributed by atoms with Crippen LogP contribution in [-0.2, 0) is 16.1 Å². The van der Waals surface area contributed by atoms with Crippen molar-refractivity contribution in [3.63, 3.8) is 0 Å². The third-order valence-electron chi connectivity index (χ3n) is 2.56. The number of halogens is 4. The first-order valence-electron chi connectivity index (χ1n) is 6.65. The molecular formula is C14H20ClF3N2O3. The molecular weight excluding hydrogens is 337 g/mol. The summed E-state index contributed by atoms with van der Waals surface area (Å²) < 4.78 is 45.7. The fourth-order valence-corrected chi connectivity index (χ4v) is 1.55. The number of carbonyl (C=O) groups is 1. The van der Waals surface area contributed by atoms with Gasteiger partial charge in [-0.2, -0.15) is 13.2 Å². The molecule has 1 aromatic carbocycles. The zero-order chi connectivity index (χ0) is 16.4. The number of alkyl halides is 3. The average molecular weight is 357 g/mol. The van der Waals surface area contributed by atoms with Crippen LogP contribution in [0, 0.1) is 0 Å². The van der Waals surface area contributed by atoms with Crippen LogP contribution in [0.2, 0.25) is 0 Å². The lowest BCUT2D eigenvalue weighted by Gasteiger charge is -2.11. The molecule has 0 saturated carbocycles. The van der Waals surface area contributed by atoms with Crippen LogP contribution in [0.3, 0.4) is 0 Å². The van der Waals surface area contributed by atoms with E-state index in [2.05, 4.69) is 15.4 Å². The van der Waals surface area contributed by atoms with Crippen molar-refractivity contribution in [3.8, 4) is 5.75 Å². The molecule has 1 amide bonds. The van der Waals surface area contributed by atoms with E-state index in [1.54, 1.807) is 19.2 Å². The van der Waals surface area contributed by atoms with Gasteiger partial charge in [0.2, 0.25) is 5.91 Å². The van der Waals surface area contributed by atoms with Crippen LogP contribution in [-0.4, -0.2) is 45.5 Å². The van der Waals surface area contributed by atoms with E-state index in [-0.39, 0.29) is 37.2 Å². The molecule has 1 rings (SSSR count). The van der Waals surface area contributed by atoms with Crippen LogP contribution in [0.15, 0.2) is 24.3 Å². The third-order valence-corrected chi connectivity index (χ3v) is 2.56. The lowest BCUT2D eigenvalue weighted by atomic mass is 10.2. The minimum Gasteiger partial charge on any atom is -0.484 e. The van der Waals surface area contributed by atoms with E-state index in [9.17, 15) is 18.0 Å². The minimum atomic E-state index is -4.38. The summed E-state index contributed by atoms with van der Waals surface area (Å²) in [6.07, 6.45) is -4.38. The highest BCUT2D eigenvalue weighted by atomic mass is 35.5. The van der Waals surface area contributed by atoms with Gasteiger partial charge >= 0.3 is 6.18 Å². The van der Waals surface area contributed by atoms with E-state index in [4.69, 9.17) is 4.74 Å². The van der Waals surface area contributed by atoms with Crippen LogP contribution in [0.25, 0.3) is 0 Å². The molecule has 1 aromatic rings. The Hall–Kier alpha value is -1.51. The molecule has 132 valence electrons. The van der Waals surface area contributed by atoms with Gasteiger partial charge in [0.25, 0.3) is 0 Å². The topological polar surface area (TPSA) is 59.6 Å². The molecule has 5 nitrogen and oxygen atoms in total. The Morgan fingerprint density at radius 3 is 2.70 bits per heavy atom. The molecule has 0 aliphatic rings. The van der Waals surface area contributed by atoms with Crippen molar-refractivity contribution < 1.29 is 27.4 Å². The summed E-state index contributed by atoms with van der Waals surface area (Å²) in [4.78, 5) is 11.5. The molecule has 0 heterocycles. The minimum absolute atomic E-state index is 0. The standard InChI is InChI=1S/C14H19F3N2O3.ClH/c1-21-6-5-18-9-13(20)19-8-11-3-2-4-12(7-11)22-10-14(15,16)17;/h2-4,7,18H,5-6,8-10H2,1H3,(H,19,20);1H. The SMILES string of the molecule is COCCNCC(=O)NCc1cccc(OCC(F)(F)F)c1.Cl. The first kappa shape index (κ1) is 21.5. The summed E-state index contributed by atoms with van der Waals surface area (Å²) in [7, 11) is 1.57. The van der Waals surface area contributed by atoms with Crippen molar-refractivity contribution in [2.45, 2.75) is 12.7 Å². The molecule has 0 aliphatic heterocycles. The Labute approximate surface area is 138 Å². The molecule has 0 aromatic heterocycles. The van der Waals surface area contributed by atoms with Gasteiger partial charge in [0.1, 0.15) is 5.75 Å². The highest BCUT2D eigenvalue weighted by molar-refractivity contribution is 5.85. The van der Waals surface area contributed by atoms with E-state index in [0.717, 1.165) is 0 Å². The Bertz CT molecular complexity index is 473. The molecule has 0 fully saturated rings. The van der Waals surface area contributed by atoms with Crippen molar-refractivity contribution in [1.82, 2.24) is 10.6 Å². The molecule has 0 unspecified atom stereocenters. The second kappa shape index (κ2) is 11.1. The fourth-order valence-electron chi connectivity index (χ4n) is 1.55. The molecule has 9 heteroatoms. The average Bonchev–Trinajstić information content (AvgIpc) is 2.47. The number of rotatable bonds is 9. The van der Waals surface area contributed by atoms with Gasteiger partial charge in [0.05, 0.1) is 13.2 Å². The monoisotopic (exact) mass is 356 g/mol. The number of carbonyl (C=O) groups excluding carboxylic acids is 1. The van der Waals surface area contributed by atoms with E-state index < -0.39 is 12.8 Å². The molecule has 0 atom stereocenters. The molecule has 0 saturated heterocycles. The Kier molecular flexibility index (Phi) is 10.4. The third kappa shape index (κ3) is 10.8. The van der Waals surface area contributed by atoms with E-state index in [0.29, 0.717) is 18.7 Å². The van der Waals surface area contributed by atoms with Crippen molar-refractivity contribution in [2.75, 3.05) is 33.4 Å². The first-order chi connectivity index (χ1) is 10.4. The van der Waals surface area contributed by atoms with Gasteiger partial charge in [-0.15, -0.1) is 12.4 Å². The van der Waals surface area contributed by atoms with Crippen molar-refractivity contribution in [1.29, 1.82) is 0 Å². The highest BCUT2D eigenvalue weighted by Crippen LogP contribution is 2.19. The fraction of sp³-hybridized carbons (Fsp3) is 0.500. The lowest BCUT2D eigenvalue weighted by Crippen LogP contribution is -2.34. The van der Waals surface area contributed by atoms with E-state index in [1.807, 2.05) is 0 Å².